The molecular formula is C16H16O7. The predicted octanol–water partition coefficient (Wildman–Crippen LogP) is 1.44. The summed E-state index contributed by atoms with van der Waals surface area (Å²) in [4.78, 5) is 23.4. The van der Waals surface area contributed by atoms with Crippen molar-refractivity contribution < 1.29 is 28.9 Å². The summed E-state index contributed by atoms with van der Waals surface area (Å²) in [5, 5.41) is 20.1. The van der Waals surface area contributed by atoms with Crippen LogP contribution in [0.4, 0.5) is 0 Å². The van der Waals surface area contributed by atoms with E-state index in [1.165, 1.54) is 32.2 Å². The molecule has 23 heavy (non-hydrogen) atoms. The molecule has 7 nitrogen and oxygen atoms in total. The molecule has 1 unspecified atom stereocenters. The summed E-state index contributed by atoms with van der Waals surface area (Å²) in [5.41, 5.74) is -2.36. The van der Waals surface area contributed by atoms with E-state index in [1.807, 2.05) is 0 Å². The molecule has 2 N–H and O–H groups in total. The number of phenols is 1. The maximum absolute atomic E-state index is 12.0. The van der Waals surface area contributed by atoms with Crippen molar-refractivity contribution in [3.63, 3.8) is 0 Å². The Labute approximate surface area is 131 Å². The Bertz CT molecular complexity index is 830. The first kappa shape index (κ1) is 16.6. The third-order valence-electron chi connectivity index (χ3n) is 3.25. The van der Waals surface area contributed by atoms with Crippen LogP contribution in [0, 0.1) is 0 Å². The summed E-state index contributed by atoms with van der Waals surface area (Å²) in [6.45, 7) is 1.24. The number of esters is 1. The number of ether oxygens (including phenoxy) is 2. The number of phenolic OH excluding ortho intramolecular Hbond substituents is 1. The molecule has 0 aliphatic heterocycles. The zero-order chi connectivity index (χ0) is 17.2. The van der Waals surface area contributed by atoms with Gasteiger partial charge in [0.25, 0.3) is 0 Å². The number of fused-ring (bicyclic) bond motifs is 1. The number of aromatic hydroxyl groups is 1. The molecule has 0 spiro atoms. The first-order chi connectivity index (χ1) is 10.8. The summed E-state index contributed by atoms with van der Waals surface area (Å²) in [6.07, 6.45) is 2.40. The van der Waals surface area contributed by atoms with Crippen molar-refractivity contribution in [2.45, 2.75) is 12.5 Å². The van der Waals surface area contributed by atoms with E-state index in [4.69, 9.17) is 9.15 Å². The number of benzene rings is 1. The normalized spacial score (nSPS) is 13.9. The molecule has 0 saturated heterocycles. The highest BCUT2D eigenvalue weighted by Gasteiger charge is 2.28. The van der Waals surface area contributed by atoms with Crippen LogP contribution in [-0.4, -0.2) is 36.0 Å². The molecule has 0 radical (unpaired) electrons. The summed E-state index contributed by atoms with van der Waals surface area (Å²) in [7, 11) is 2.49. The summed E-state index contributed by atoms with van der Waals surface area (Å²) >= 11 is 0. The Hall–Kier alpha value is -2.80. The lowest BCUT2D eigenvalue weighted by molar-refractivity contribution is -0.155. The molecule has 0 aliphatic carbocycles. The van der Waals surface area contributed by atoms with Crippen LogP contribution in [0.1, 0.15) is 12.5 Å². The molecule has 0 fully saturated rings. The van der Waals surface area contributed by atoms with Crippen molar-refractivity contribution in [2.24, 2.45) is 0 Å². The minimum atomic E-state index is -1.87. The number of carbonyl (C=O) groups excluding carboxylic acids is 1. The summed E-state index contributed by atoms with van der Waals surface area (Å²) in [5.74, 6) is -0.956. The zero-order valence-electron chi connectivity index (χ0n) is 12.8. The van der Waals surface area contributed by atoms with E-state index in [-0.39, 0.29) is 22.6 Å². The van der Waals surface area contributed by atoms with Gasteiger partial charge in [-0.15, -0.1) is 0 Å². The first-order valence-electron chi connectivity index (χ1n) is 6.64. The second-order valence-corrected chi connectivity index (χ2v) is 5.00. The van der Waals surface area contributed by atoms with Gasteiger partial charge in [-0.05, 0) is 37.3 Å². The molecule has 1 aromatic heterocycles. The van der Waals surface area contributed by atoms with E-state index in [0.717, 1.165) is 13.2 Å². The molecule has 0 bridgehead atoms. The van der Waals surface area contributed by atoms with Gasteiger partial charge in [0.1, 0.15) is 0 Å². The van der Waals surface area contributed by atoms with Crippen molar-refractivity contribution in [1.29, 1.82) is 0 Å². The zero-order valence-corrected chi connectivity index (χ0v) is 12.8. The smallest absolute Gasteiger partial charge is 0.343 e. The molecule has 7 heteroatoms. The van der Waals surface area contributed by atoms with Crippen molar-refractivity contribution in [3.8, 4) is 11.5 Å². The predicted molar refractivity (Wildman–Crippen MR) is 82.4 cm³/mol. The Morgan fingerprint density at radius 1 is 1.35 bits per heavy atom. The molecule has 2 rings (SSSR count). The van der Waals surface area contributed by atoms with Gasteiger partial charge < -0.3 is 24.1 Å². The average molecular weight is 320 g/mol. The van der Waals surface area contributed by atoms with Crippen molar-refractivity contribution in [2.75, 3.05) is 14.2 Å². The molecule has 0 amide bonds. The summed E-state index contributed by atoms with van der Waals surface area (Å²) < 4.78 is 14.6. The third kappa shape index (κ3) is 3.19. The quantitative estimate of drug-likeness (QED) is 0.648. The highest BCUT2D eigenvalue weighted by molar-refractivity contribution is 5.87. The standard InChI is InChI=1S/C16H16O7/c1-16(20,15(19)22-3)7-6-10-8-9-4-5-11(17)13(21-2)12(9)23-14(10)18/h4-8,17,20H,1-3H3. The van der Waals surface area contributed by atoms with Crippen LogP contribution in [0.2, 0.25) is 0 Å². The van der Waals surface area contributed by atoms with Crippen LogP contribution in [-0.2, 0) is 9.53 Å². The van der Waals surface area contributed by atoms with Crippen molar-refractivity contribution >= 4 is 23.0 Å². The molecule has 0 saturated carbocycles. The first-order valence-corrected chi connectivity index (χ1v) is 6.64. The van der Waals surface area contributed by atoms with Crippen LogP contribution in [0.15, 0.2) is 33.5 Å². The summed E-state index contributed by atoms with van der Waals surface area (Å²) in [6, 6.07) is 4.44. The van der Waals surface area contributed by atoms with E-state index in [0.29, 0.717) is 5.39 Å². The minimum absolute atomic E-state index is 0.0525. The molecule has 1 atom stereocenters. The van der Waals surface area contributed by atoms with Gasteiger partial charge in [0.2, 0.25) is 5.75 Å². The van der Waals surface area contributed by atoms with Gasteiger partial charge in [-0.3, -0.25) is 0 Å². The largest absolute Gasteiger partial charge is 0.504 e. The van der Waals surface area contributed by atoms with E-state index >= 15 is 0 Å². The fourth-order valence-electron chi connectivity index (χ4n) is 2.00. The Morgan fingerprint density at radius 2 is 2.04 bits per heavy atom. The number of carbonyl (C=O) groups is 1. The highest BCUT2D eigenvalue weighted by Crippen LogP contribution is 2.34. The maximum atomic E-state index is 12.0. The molecule has 122 valence electrons. The number of hydrogen-bond acceptors (Lipinski definition) is 7. The Balaban J connectivity index is 2.52. The van der Waals surface area contributed by atoms with Gasteiger partial charge in [-0.25, -0.2) is 9.59 Å². The second kappa shape index (κ2) is 6.13. The van der Waals surface area contributed by atoms with E-state index in [1.54, 1.807) is 6.07 Å². The SMILES string of the molecule is COC(=O)C(C)(O)C=Cc1cc2ccc(O)c(OC)c2oc1=O. The van der Waals surface area contributed by atoms with Gasteiger partial charge in [0.05, 0.1) is 19.8 Å². The molecule has 2 aromatic rings. The molecule has 0 aliphatic rings. The van der Waals surface area contributed by atoms with Crippen LogP contribution >= 0.6 is 0 Å². The van der Waals surface area contributed by atoms with Crippen LogP contribution < -0.4 is 10.4 Å². The highest BCUT2D eigenvalue weighted by atomic mass is 16.5. The van der Waals surface area contributed by atoms with Gasteiger partial charge >= 0.3 is 11.6 Å². The second-order valence-electron chi connectivity index (χ2n) is 5.00. The fraction of sp³-hybridized carbons (Fsp3) is 0.250. The van der Waals surface area contributed by atoms with E-state index in [9.17, 15) is 19.8 Å². The number of methoxy groups -OCH3 is 2. The topological polar surface area (TPSA) is 106 Å². The van der Waals surface area contributed by atoms with Crippen LogP contribution in [0.5, 0.6) is 11.5 Å². The Kier molecular flexibility index (Phi) is 4.42. The van der Waals surface area contributed by atoms with E-state index in [2.05, 4.69) is 4.74 Å². The van der Waals surface area contributed by atoms with Crippen LogP contribution in [0.3, 0.4) is 0 Å². The molecular weight excluding hydrogens is 304 g/mol. The van der Waals surface area contributed by atoms with Crippen molar-refractivity contribution in [1.82, 2.24) is 0 Å². The lowest BCUT2D eigenvalue weighted by Crippen LogP contribution is -2.33. The monoisotopic (exact) mass is 320 g/mol. The maximum Gasteiger partial charge on any atom is 0.343 e. The number of rotatable bonds is 4. The lowest BCUT2D eigenvalue weighted by Gasteiger charge is -2.15. The fourth-order valence-corrected chi connectivity index (χ4v) is 2.00. The average Bonchev–Trinajstić information content (AvgIpc) is 2.52. The minimum Gasteiger partial charge on any atom is -0.504 e. The van der Waals surface area contributed by atoms with Gasteiger partial charge in [-0.2, -0.15) is 0 Å². The van der Waals surface area contributed by atoms with Gasteiger partial charge in [0.15, 0.2) is 16.9 Å². The Morgan fingerprint density at radius 3 is 2.65 bits per heavy atom. The van der Waals surface area contributed by atoms with Crippen molar-refractivity contribution in [3.05, 3.63) is 40.3 Å². The van der Waals surface area contributed by atoms with Gasteiger partial charge in [-0.1, -0.05) is 0 Å². The van der Waals surface area contributed by atoms with Crippen LogP contribution in [0.25, 0.3) is 17.0 Å². The lowest BCUT2D eigenvalue weighted by atomic mass is 10.1. The third-order valence-corrected chi connectivity index (χ3v) is 3.25. The number of hydrogen-bond donors (Lipinski definition) is 2. The number of aliphatic hydroxyl groups is 1. The van der Waals surface area contributed by atoms with E-state index < -0.39 is 17.2 Å². The molecule has 1 aromatic carbocycles. The van der Waals surface area contributed by atoms with Gasteiger partial charge in [0, 0.05) is 5.39 Å². The molecule has 1 heterocycles.